The van der Waals surface area contributed by atoms with Gasteiger partial charge in [0, 0.05) is 19.1 Å². The number of hydrogen-bond acceptors (Lipinski definition) is 4. The van der Waals surface area contributed by atoms with E-state index in [0.29, 0.717) is 36.6 Å². The third-order valence-corrected chi connectivity index (χ3v) is 5.63. The molecule has 2 atom stereocenters. The molecule has 0 bridgehead atoms. The first kappa shape index (κ1) is 12.3. The Hall–Kier alpha value is -0.130. The molecule has 1 saturated carbocycles. The number of rotatable bonds is 2. The van der Waals surface area contributed by atoms with Crippen LogP contribution >= 0.6 is 0 Å². The van der Waals surface area contributed by atoms with Crippen molar-refractivity contribution in [3.8, 4) is 0 Å². The molecule has 0 aromatic rings. The van der Waals surface area contributed by atoms with Crippen LogP contribution in [0.5, 0.6) is 0 Å². The van der Waals surface area contributed by atoms with E-state index in [9.17, 15) is 8.42 Å². The smallest absolute Gasteiger partial charge is 0.152 e. The van der Waals surface area contributed by atoms with E-state index in [0.717, 1.165) is 6.54 Å². The van der Waals surface area contributed by atoms with Crippen LogP contribution in [0.1, 0.15) is 25.7 Å². The Morgan fingerprint density at radius 3 is 2.38 bits per heavy atom. The average Bonchev–Trinajstić information content (AvgIpc) is 2.29. The molecule has 16 heavy (non-hydrogen) atoms. The quantitative estimate of drug-likeness (QED) is 0.758. The molecule has 0 aromatic carbocycles. The van der Waals surface area contributed by atoms with Gasteiger partial charge in [-0.05, 0) is 25.3 Å². The molecule has 0 amide bonds. The fourth-order valence-electron chi connectivity index (χ4n) is 3.00. The minimum atomic E-state index is -2.75. The second-order valence-electron chi connectivity index (χ2n) is 5.04. The van der Waals surface area contributed by atoms with Crippen molar-refractivity contribution in [3.63, 3.8) is 0 Å². The van der Waals surface area contributed by atoms with Crippen LogP contribution in [0, 0.1) is 5.92 Å². The van der Waals surface area contributed by atoms with Gasteiger partial charge in [-0.3, -0.25) is 4.90 Å². The van der Waals surface area contributed by atoms with Crippen LogP contribution in [0.3, 0.4) is 0 Å². The highest BCUT2D eigenvalue weighted by molar-refractivity contribution is 7.91. The molecule has 2 N–H and O–H groups in total. The van der Waals surface area contributed by atoms with Crippen molar-refractivity contribution in [1.29, 1.82) is 0 Å². The summed E-state index contributed by atoms with van der Waals surface area (Å²) in [7, 11) is -2.75. The Labute approximate surface area is 98.1 Å². The third kappa shape index (κ3) is 2.76. The normalized spacial score (nSPS) is 36.1. The van der Waals surface area contributed by atoms with E-state index in [1.54, 1.807) is 0 Å². The highest BCUT2D eigenvalue weighted by Crippen LogP contribution is 2.28. The minimum Gasteiger partial charge on any atom is -0.330 e. The van der Waals surface area contributed by atoms with Gasteiger partial charge in [-0.2, -0.15) is 0 Å². The summed E-state index contributed by atoms with van der Waals surface area (Å²) >= 11 is 0. The third-order valence-electron chi connectivity index (χ3n) is 4.02. The molecule has 0 radical (unpaired) electrons. The number of nitrogens with two attached hydrogens (primary N) is 1. The molecule has 5 heteroatoms. The number of sulfone groups is 1. The largest absolute Gasteiger partial charge is 0.330 e. The molecular formula is C11H22N2O2S. The van der Waals surface area contributed by atoms with Gasteiger partial charge in [-0.25, -0.2) is 8.42 Å². The second-order valence-corrected chi connectivity index (χ2v) is 7.34. The van der Waals surface area contributed by atoms with Crippen LogP contribution in [0.2, 0.25) is 0 Å². The standard InChI is InChI=1S/C11H22N2O2S/c12-9-10-3-1-2-4-11(10)13-5-7-16(14,15)8-6-13/h10-11H,1-9,12H2. The van der Waals surface area contributed by atoms with Crippen molar-refractivity contribution in [1.82, 2.24) is 4.90 Å². The summed E-state index contributed by atoms with van der Waals surface area (Å²) in [6.07, 6.45) is 4.96. The van der Waals surface area contributed by atoms with Crippen molar-refractivity contribution in [3.05, 3.63) is 0 Å². The molecule has 0 aromatic heterocycles. The minimum absolute atomic E-state index is 0.334. The first-order valence-corrected chi connectivity index (χ1v) is 8.09. The lowest BCUT2D eigenvalue weighted by atomic mass is 9.83. The van der Waals surface area contributed by atoms with Gasteiger partial charge in [0.1, 0.15) is 0 Å². The Kier molecular flexibility index (Phi) is 3.87. The zero-order valence-electron chi connectivity index (χ0n) is 9.77. The van der Waals surface area contributed by atoms with Crippen LogP contribution in [-0.4, -0.2) is 50.5 Å². The van der Waals surface area contributed by atoms with Gasteiger partial charge >= 0.3 is 0 Å². The average molecular weight is 246 g/mol. The molecule has 2 fully saturated rings. The summed E-state index contributed by atoms with van der Waals surface area (Å²) in [6.45, 7) is 2.17. The molecular weight excluding hydrogens is 224 g/mol. The molecule has 1 heterocycles. The molecule has 1 saturated heterocycles. The first-order valence-electron chi connectivity index (χ1n) is 6.27. The van der Waals surface area contributed by atoms with E-state index >= 15 is 0 Å². The lowest BCUT2D eigenvalue weighted by Gasteiger charge is -2.41. The number of hydrogen-bond donors (Lipinski definition) is 1. The van der Waals surface area contributed by atoms with Gasteiger partial charge < -0.3 is 5.73 Å². The lowest BCUT2D eigenvalue weighted by molar-refractivity contribution is 0.116. The maximum Gasteiger partial charge on any atom is 0.152 e. The van der Waals surface area contributed by atoms with Crippen LogP contribution in [-0.2, 0) is 9.84 Å². The van der Waals surface area contributed by atoms with Crippen molar-refractivity contribution in [2.24, 2.45) is 11.7 Å². The molecule has 2 unspecified atom stereocenters. The predicted octanol–water partition coefficient (Wildman–Crippen LogP) is 0.234. The van der Waals surface area contributed by atoms with Crippen LogP contribution in [0.15, 0.2) is 0 Å². The lowest BCUT2D eigenvalue weighted by Crippen LogP contribution is -2.51. The summed E-state index contributed by atoms with van der Waals surface area (Å²) in [5.74, 6) is 1.25. The second kappa shape index (κ2) is 5.02. The van der Waals surface area contributed by atoms with Crippen molar-refractivity contribution in [2.45, 2.75) is 31.7 Å². The summed E-state index contributed by atoms with van der Waals surface area (Å²) in [6, 6.07) is 0.536. The summed E-state index contributed by atoms with van der Waals surface area (Å²) in [5, 5.41) is 0. The maximum atomic E-state index is 11.4. The number of nitrogens with zero attached hydrogens (tertiary/aromatic N) is 1. The highest BCUT2D eigenvalue weighted by Gasteiger charge is 2.32. The van der Waals surface area contributed by atoms with Crippen LogP contribution in [0.25, 0.3) is 0 Å². The molecule has 2 aliphatic rings. The molecule has 4 nitrogen and oxygen atoms in total. The maximum absolute atomic E-state index is 11.4. The zero-order chi connectivity index (χ0) is 11.6. The molecule has 2 rings (SSSR count). The van der Waals surface area contributed by atoms with E-state index in [1.807, 2.05) is 0 Å². The Morgan fingerprint density at radius 2 is 1.75 bits per heavy atom. The Morgan fingerprint density at radius 1 is 1.12 bits per heavy atom. The predicted molar refractivity (Wildman–Crippen MR) is 65.0 cm³/mol. The van der Waals surface area contributed by atoms with Gasteiger partial charge in [-0.15, -0.1) is 0 Å². The summed E-state index contributed by atoms with van der Waals surface area (Å²) in [4.78, 5) is 2.36. The van der Waals surface area contributed by atoms with Crippen LogP contribution in [0.4, 0.5) is 0 Å². The first-order chi connectivity index (χ1) is 7.62. The van der Waals surface area contributed by atoms with E-state index in [1.165, 1.54) is 25.7 Å². The molecule has 1 aliphatic heterocycles. The Balaban J connectivity index is 1.96. The van der Waals surface area contributed by atoms with Crippen molar-refractivity contribution < 1.29 is 8.42 Å². The fourth-order valence-corrected chi connectivity index (χ4v) is 4.23. The SMILES string of the molecule is NCC1CCCCC1N1CCS(=O)(=O)CC1. The fraction of sp³-hybridized carbons (Fsp3) is 1.00. The van der Waals surface area contributed by atoms with Crippen LogP contribution < -0.4 is 5.73 Å². The summed E-state index contributed by atoms with van der Waals surface area (Å²) in [5.41, 5.74) is 5.81. The molecule has 0 spiro atoms. The molecule has 94 valence electrons. The zero-order valence-corrected chi connectivity index (χ0v) is 10.6. The van der Waals surface area contributed by atoms with Crippen molar-refractivity contribution in [2.75, 3.05) is 31.1 Å². The topological polar surface area (TPSA) is 63.4 Å². The highest BCUT2D eigenvalue weighted by atomic mass is 32.2. The molecule has 1 aliphatic carbocycles. The van der Waals surface area contributed by atoms with Crippen molar-refractivity contribution >= 4 is 9.84 Å². The van der Waals surface area contributed by atoms with Gasteiger partial charge in [0.15, 0.2) is 9.84 Å². The Bertz CT molecular complexity index is 315. The monoisotopic (exact) mass is 246 g/mol. The van der Waals surface area contributed by atoms with Gasteiger partial charge in [0.2, 0.25) is 0 Å². The van der Waals surface area contributed by atoms with E-state index in [-0.39, 0.29) is 0 Å². The van der Waals surface area contributed by atoms with E-state index < -0.39 is 9.84 Å². The van der Waals surface area contributed by atoms with Gasteiger partial charge in [0.05, 0.1) is 11.5 Å². The van der Waals surface area contributed by atoms with Gasteiger partial charge in [-0.1, -0.05) is 12.8 Å². The van der Waals surface area contributed by atoms with Gasteiger partial charge in [0.25, 0.3) is 0 Å². The van der Waals surface area contributed by atoms with E-state index in [4.69, 9.17) is 5.73 Å². The summed E-state index contributed by atoms with van der Waals surface area (Å²) < 4.78 is 22.8. The van der Waals surface area contributed by atoms with E-state index in [2.05, 4.69) is 4.90 Å².